The van der Waals surface area contributed by atoms with Gasteiger partial charge in [-0.25, -0.2) is 0 Å². The predicted octanol–water partition coefficient (Wildman–Crippen LogP) is 8.27. The fourth-order valence-corrected chi connectivity index (χ4v) is 7.87. The highest BCUT2D eigenvalue weighted by atomic mass is 79.9. The lowest BCUT2D eigenvalue weighted by molar-refractivity contribution is 0.0397. The van der Waals surface area contributed by atoms with E-state index in [1.54, 1.807) is 11.3 Å². The summed E-state index contributed by atoms with van der Waals surface area (Å²) >= 11 is 5.31. The molecule has 24 heavy (non-hydrogen) atoms. The maximum Gasteiger partial charge on any atom is 0.192 e. The van der Waals surface area contributed by atoms with Crippen LogP contribution in [0.5, 0.6) is 0 Å². The normalized spacial score (nSPS) is 13.5. The molecule has 1 aromatic rings. The molecule has 0 radical (unpaired) electrons. The first-order valence-electron chi connectivity index (χ1n) is 9.51. The summed E-state index contributed by atoms with van der Waals surface area (Å²) in [6, 6.07) is 5.92. The zero-order chi connectivity index (χ0) is 18.2. The molecule has 0 aliphatic carbocycles. The summed E-state index contributed by atoms with van der Waals surface area (Å²) in [6.07, 6.45) is 6.87. The van der Waals surface area contributed by atoms with Crippen LogP contribution in [0.25, 0.3) is 5.57 Å². The Balaban J connectivity index is 2.81. The molecule has 0 unspecified atom stereocenters. The molecule has 1 rings (SSSR count). The van der Waals surface area contributed by atoms with E-state index in [9.17, 15) is 0 Å². The first kappa shape index (κ1) is 22.1. The Hall–Kier alpha value is 0.0969. The van der Waals surface area contributed by atoms with Gasteiger partial charge >= 0.3 is 0 Å². The summed E-state index contributed by atoms with van der Waals surface area (Å²) in [7, 11) is -1.56. The van der Waals surface area contributed by atoms with Crippen molar-refractivity contribution in [2.45, 2.75) is 91.0 Å². The van der Waals surface area contributed by atoms with Crippen LogP contribution in [0, 0.1) is 0 Å². The van der Waals surface area contributed by atoms with Gasteiger partial charge in [-0.15, -0.1) is 11.3 Å². The van der Waals surface area contributed by atoms with Crippen molar-refractivity contribution in [1.82, 2.24) is 0 Å². The number of halogens is 1. The van der Waals surface area contributed by atoms with E-state index in [1.807, 2.05) is 0 Å². The summed E-state index contributed by atoms with van der Waals surface area (Å²) < 4.78 is 8.17. The molecule has 0 fully saturated rings. The van der Waals surface area contributed by atoms with Gasteiger partial charge in [-0.05, 0) is 89.3 Å². The van der Waals surface area contributed by atoms with E-state index >= 15 is 0 Å². The molecule has 1 aromatic heterocycles. The maximum atomic E-state index is 6.97. The standard InChI is InChI=1S/C20H35BrOSSi/c1-7-20(8-2,22-24(9-3,10-4)11-5)14-12-13-17(6)18-15-19(21)23-16-18/h13,15-16H,7-12,14H2,1-6H3/b17-13+. The third kappa shape index (κ3) is 5.82. The summed E-state index contributed by atoms with van der Waals surface area (Å²) in [5, 5.41) is 2.22. The predicted molar refractivity (Wildman–Crippen MR) is 116 cm³/mol. The van der Waals surface area contributed by atoms with Gasteiger partial charge < -0.3 is 4.43 Å². The second-order valence-electron chi connectivity index (χ2n) is 6.80. The molecular weight excluding hydrogens is 396 g/mol. The van der Waals surface area contributed by atoms with Gasteiger partial charge in [0.15, 0.2) is 8.32 Å². The van der Waals surface area contributed by atoms with Crippen molar-refractivity contribution < 1.29 is 4.43 Å². The zero-order valence-corrected chi connectivity index (χ0v) is 19.8. The second kappa shape index (κ2) is 10.3. The van der Waals surface area contributed by atoms with Gasteiger partial charge in [0, 0.05) is 0 Å². The van der Waals surface area contributed by atoms with Gasteiger partial charge in [0.25, 0.3) is 0 Å². The Bertz CT molecular complexity index is 507. The molecular formula is C20H35BrOSSi. The van der Waals surface area contributed by atoms with Gasteiger partial charge in [-0.1, -0.05) is 40.7 Å². The average molecular weight is 432 g/mol. The van der Waals surface area contributed by atoms with Crippen molar-refractivity contribution >= 4 is 41.2 Å². The van der Waals surface area contributed by atoms with Crippen molar-refractivity contribution in [3.63, 3.8) is 0 Å². The number of allylic oxidation sites excluding steroid dienone is 2. The molecule has 0 saturated carbocycles. The third-order valence-corrected chi connectivity index (χ3v) is 12.0. The SMILES string of the molecule is CCC(CC)(CC/C=C(\C)c1csc(Br)c1)O[Si](CC)(CC)CC. The Morgan fingerprint density at radius 2 is 1.75 bits per heavy atom. The highest BCUT2D eigenvalue weighted by molar-refractivity contribution is 9.11. The Kier molecular flexibility index (Phi) is 9.50. The molecule has 138 valence electrons. The fourth-order valence-electron chi connectivity index (χ4n) is 3.41. The van der Waals surface area contributed by atoms with Crippen molar-refractivity contribution in [2.24, 2.45) is 0 Å². The highest BCUT2D eigenvalue weighted by Gasteiger charge is 2.38. The zero-order valence-electron chi connectivity index (χ0n) is 16.4. The molecule has 0 saturated heterocycles. The lowest BCUT2D eigenvalue weighted by atomic mass is 9.91. The van der Waals surface area contributed by atoms with Crippen LogP contribution in [0.15, 0.2) is 21.3 Å². The first-order valence-corrected chi connectivity index (χ1v) is 13.7. The molecule has 1 nitrogen and oxygen atoms in total. The van der Waals surface area contributed by atoms with Crippen LogP contribution in [-0.4, -0.2) is 13.9 Å². The lowest BCUT2D eigenvalue weighted by Gasteiger charge is -2.42. The summed E-state index contributed by atoms with van der Waals surface area (Å²) in [5.74, 6) is 0. The maximum absolute atomic E-state index is 6.97. The molecule has 1 heterocycles. The van der Waals surface area contributed by atoms with E-state index in [1.165, 1.54) is 33.1 Å². The van der Waals surface area contributed by atoms with E-state index < -0.39 is 8.32 Å². The Labute approximate surface area is 163 Å². The molecule has 0 N–H and O–H groups in total. The van der Waals surface area contributed by atoms with Crippen LogP contribution >= 0.6 is 27.3 Å². The summed E-state index contributed by atoms with van der Waals surface area (Å²) in [6.45, 7) is 13.8. The van der Waals surface area contributed by atoms with Crippen molar-refractivity contribution in [3.05, 3.63) is 26.9 Å². The van der Waals surface area contributed by atoms with E-state index in [0.29, 0.717) is 0 Å². The molecule has 0 aromatic carbocycles. The van der Waals surface area contributed by atoms with E-state index in [-0.39, 0.29) is 5.60 Å². The third-order valence-electron chi connectivity index (χ3n) is 5.73. The Morgan fingerprint density at radius 1 is 1.17 bits per heavy atom. The van der Waals surface area contributed by atoms with Crippen molar-refractivity contribution in [3.8, 4) is 0 Å². The van der Waals surface area contributed by atoms with Gasteiger partial charge in [0.05, 0.1) is 9.39 Å². The largest absolute Gasteiger partial charge is 0.411 e. The Morgan fingerprint density at radius 3 is 2.17 bits per heavy atom. The molecule has 0 aliphatic heterocycles. The van der Waals surface area contributed by atoms with Gasteiger partial charge in [-0.3, -0.25) is 0 Å². The van der Waals surface area contributed by atoms with Crippen LogP contribution in [0.2, 0.25) is 18.1 Å². The lowest BCUT2D eigenvalue weighted by Crippen LogP contribution is -2.46. The minimum Gasteiger partial charge on any atom is -0.411 e. The van der Waals surface area contributed by atoms with Gasteiger partial charge in [0.1, 0.15) is 0 Å². The minimum atomic E-state index is -1.56. The number of rotatable bonds is 11. The summed E-state index contributed by atoms with van der Waals surface area (Å²) in [5.41, 5.74) is 2.79. The van der Waals surface area contributed by atoms with E-state index in [0.717, 1.165) is 25.7 Å². The van der Waals surface area contributed by atoms with Crippen LogP contribution in [0.4, 0.5) is 0 Å². The molecule has 0 amide bonds. The number of hydrogen-bond donors (Lipinski definition) is 0. The van der Waals surface area contributed by atoms with Gasteiger partial charge in [0.2, 0.25) is 0 Å². The van der Waals surface area contributed by atoms with E-state index in [2.05, 4.69) is 75.0 Å². The van der Waals surface area contributed by atoms with Crippen molar-refractivity contribution in [1.29, 1.82) is 0 Å². The topological polar surface area (TPSA) is 9.23 Å². The fraction of sp³-hybridized carbons (Fsp3) is 0.700. The highest BCUT2D eigenvalue weighted by Crippen LogP contribution is 2.35. The second-order valence-corrected chi connectivity index (χ2v) is 13.8. The first-order chi connectivity index (χ1) is 11.4. The minimum absolute atomic E-state index is 0.0697. The smallest absolute Gasteiger partial charge is 0.192 e. The van der Waals surface area contributed by atoms with Crippen LogP contribution < -0.4 is 0 Å². The summed E-state index contributed by atoms with van der Waals surface area (Å²) in [4.78, 5) is 0. The van der Waals surface area contributed by atoms with Gasteiger partial charge in [-0.2, -0.15) is 0 Å². The quantitative estimate of drug-likeness (QED) is 0.320. The average Bonchev–Trinajstić information content (AvgIpc) is 3.05. The van der Waals surface area contributed by atoms with Crippen LogP contribution in [0.3, 0.4) is 0 Å². The molecule has 4 heteroatoms. The van der Waals surface area contributed by atoms with Crippen molar-refractivity contribution in [2.75, 3.05) is 0 Å². The molecule has 0 atom stereocenters. The molecule has 0 bridgehead atoms. The van der Waals surface area contributed by atoms with E-state index in [4.69, 9.17) is 4.43 Å². The molecule has 0 aliphatic rings. The number of hydrogen-bond acceptors (Lipinski definition) is 2. The number of thiophene rings is 1. The van der Waals surface area contributed by atoms with Crippen LogP contribution in [0.1, 0.15) is 72.8 Å². The monoisotopic (exact) mass is 430 g/mol. The van der Waals surface area contributed by atoms with Crippen LogP contribution in [-0.2, 0) is 4.43 Å². The molecule has 0 spiro atoms.